The van der Waals surface area contributed by atoms with Gasteiger partial charge in [-0.1, -0.05) is 6.07 Å². The van der Waals surface area contributed by atoms with Crippen LogP contribution >= 0.6 is 0 Å². The summed E-state index contributed by atoms with van der Waals surface area (Å²) in [6, 6.07) is 9.18. The van der Waals surface area contributed by atoms with Crippen LogP contribution in [0.1, 0.15) is 0 Å². The van der Waals surface area contributed by atoms with Gasteiger partial charge in [0.1, 0.15) is 0 Å². The molecule has 0 saturated carbocycles. The average Bonchev–Trinajstić information content (AvgIpc) is 2.46. The van der Waals surface area contributed by atoms with E-state index in [1.165, 1.54) is 24.3 Å². The second-order valence-corrected chi connectivity index (χ2v) is 9.50. The second kappa shape index (κ2) is 6.14. The summed E-state index contributed by atoms with van der Waals surface area (Å²) in [5.41, 5.74) is 0.0726. The van der Waals surface area contributed by atoms with E-state index in [9.17, 15) is 25.3 Å². The summed E-state index contributed by atoms with van der Waals surface area (Å²) in [6.45, 7) is 0. The molecule has 130 valence electrons. The lowest BCUT2D eigenvalue weighted by Crippen LogP contribution is -2.16. The Morgan fingerprint density at radius 2 is 1.17 bits per heavy atom. The molecule has 0 saturated heterocycles. The molecular weight excluding hydrogens is 378 g/mol. The van der Waals surface area contributed by atoms with Crippen LogP contribution in [0.5, 0.6) is 0 Å². The third kappa shape index (κ3) is 4.30. The molecule has 0 bridgehead atoms. The van der Waals surface area contributed by atoms with Crippen molar-refractivity contribution in [2.75, 3.05) is 4.72 Å². The summed E-state index contributed by atoms with van der Waals surface area (Å²) in [5.74, 6) is 0. The standard InChI is InChI=1S/C12H13N3O6S3/c13-22(16,17)10-6-4-9(5-7-10)15-24(20,21)12-3-1-2-11(8-12)23(14,18)19/h1-8,15H,(H2,13,16,17)(H2,14,18,19). The first kappa shape index (κ1) is 18.4. The SMILES string of the molecule is NS(=O)(=O)c1ccc(NS(=O)(=O)c2cccc(S(N)(=O)=O)c2)cc1. The van der Waals surface area contributed by atoms with Crippen LogP contribution in [0.3, 0.4) is 0 Å². The Morgan fingerprint density at radius 3 is 1.67 bits per heavy atom. The van der Waals surface area contributed by atoms with Crippen LogP contribution in [0.25, 0.3) is 0 Å². The van der Waals surface area contributed by atoms with Gasteiger partial charge < -0.3 is 0 Å². The van der Waals surface area contributed by atoms with Crippen LogP contribution in [-0.4, -0.2) is 25.3 Å². The largest absolute Gasteiger partial charge is 0.280 e. The molecule has 0 aliphatic carbocycles. The third-order valence-corrected chi connectivity index (χ3v) is 6.10. The summed E-state index contributed by atoms with van der Waals surface area (Å²) in [6.07, 6.45) is 0. The monoisotopic (exact) mass is 391 g/mol. The Hall–Kier alpha value is -1.99. The Kier molecular flexibility index (Phi) is 4.70. The maximum Gasteiger partial charge on any atom is 0.261 e. The molecule has 12 heteroatoms. The molecule has 0 fully saturated rings. The van der Waals surface area contributed by atoms with Gasteiger partial charge in [0.05, 0.1) is 14.7 Å². The third-order valence-electron chi connectivity index (χ3n) is 2.88. The summed E-state index contributed by atoms with van der Waals surface area (Å²) in [7, 11) is -12.0. The number of nitrogens with two attached hydrogens (primary N) is 2. The van der Waals surface area contributed by atoms with E-state index < -0.39 is 30.1 Å². The van der Waals surface area contributed by atoms with Gasteiger partial charge in [-0.3, -0.25) is 4.72 Å². The zero-order valence-corrected chi connectivity index (χ0v) is 14.4. The molecule has 0 amide bonds. The van der Waals surface area contributed by atoms with E-state index in [0.717, 1.165) is 24.3 Å². The van der Waals surface area contributed by atoms with Crippen LogP contribution in [0.4, 0.5) is 5.69 Å². The number of rotatable bonds is 5. The van der Waals surface area contributed by atoms with Crippen molar-refractivity contribution in [3.63, 3.8) is 0 Å². The molecule has 5 N–H and O–H groups in total. The quantitative estimate of drug-likeness (QED) is 0.637. The van der Waals surface area contributed by atoms with Crippen LogP contribution in [0, 0.1) is 0 Å². The van der Waals surface area contributed by atoms with E-state index in [4.69, 9.17) is 10.3 Å². The van der Waals surface area contributed by atoms with Crippen molar-refractivity contribution in [1.82, 2.24) is 0 Å². The molecule has 24 heavy (non-hydrogen) atoms. The molecule has 0 aromatic heterocycles. The molecule has 0 heterocycles. The number of primary sulfonamides is 2. The first-order chi connectivity index (χ1) is 10.9. The second-order valence-electron chi connectivity index (χ2n) is 4.69. The van der Waals surface area contributed by atoms with Crippen LogP contribution < -0.4 is 15.0 Å². The molecule has 2 rings (SSSR count). The number of hydrogen-bond acceptors (Lipinski definition) is 6. The molecule has 0 unspecified atom stereocenters. The van der Waals surface area contributed by atoms with Crippen LogP contribution in [0.15, 0.2) is 63.2 Å². The normalized spacial score (nSPS) is 12.8. The smallest absolute Gasteiger partial charge is 0.261 e. The molecule has 2 aromatic rings. The maximum atomic E-state index is 12.3. The van der Waals surface area contributed by atoms with E-state index >= 15 is 0 Å². The molecule has 0 aliphatic heterocycles. The maximum absolute atomic E-state index is 12.3. The zero-order chi connectivity index (χ0) is 18.2. The zero-order valence-electron chi connectivity index (χ0n) is 11.9. The number of nitrogens with one attached hydrogen (secondary N) is 1. The van der Waals surface area contributed by atoms with Crippen molar-refractivity contribution < 1.29 is 25.3 Å². The summed E-state index contributed by atoms with van der Waals surface area (Å²) < 4.78 is 71.6. The minimum atomic E-state index is -4.10. The lowest BCUT2D eigenvalue weighted by atomic mass is 10.3. The fourth-order valence-electron chi connectivity index (χ4n) is 1.75. The lowest BCUT2D eigenvalue weighted by molar-refractivity contribution is 0.595. The lowest BCUT2D eigenvalue weighted by Gasteiger charge is -2.09. The first-order valence-electron chi connectivity index (χ1n) is 6.18. The van der Waals surface area contributed by atoms with E-state index in [2.05, 4.69) is 4.72 Å². The predicted octanol–water partition coefficient (Wildman–Crippen LogP) is -0.218. The van der Waals surface area contributed by atoms with Gasteiger partial charge in [-0.05, 0) is 42.5 Å². The molecule has 0 aliphatic rings. The van der Waals surface area contributed by atoms with Gasteiger partial charge in [-0.15, -0.1) is 0 Å². The van der Waals surface area contributed by atoms with Crippen molar-refractivity contribution in [1.29, 1.82) is 0 Å². The minimum Gasteiger partial charge on any atom is -0.280 e. The summed E-state index contributed by atoms with van der Waals surface area (Å²) in [5, 5.41) is 9.91. The number of anilines is 1. The van der Waals surface area contributed by atoms with E-state index in [1.807, 2.05) is 0 Å². The van der Waals surface area contributed by atoms with E-state index in [0.29, 0.717) is 0 Å². The minimum absolute atomic E-state index is 0.0726. The predicted molar refractivity (Wildman–Crippen MR) is 86.4 cm³/mol. The highest BCUT2D eigenvalue weighted by Crippen LogP contribution is 2.20. The number of sulfonamides is 3. The number of benzene rings is 2. The first-order valence-corrected chi connectivity index (χ1v) is 10.8. The topological polar surface area (TPSA) is 166 Å². The number of hydrogen-bond donors (Lipinski definition) is 3. The van der Waals surface area contributed by atoms with Crippen molar-refractivity contribution in [2.45, 2.75) is 14.7 Å². The van der Waals surface area contributed by atoms with Gasteiger partial charge in [0.25, 0.3) is 10.0 Å². The van der Waals surface area contributed by atoms with Gasteiger partial charge in [0.2, 0.25) is 20.0 Å². The molecule has 2 aromatic carbocycles. The van der Waals surface area contributed by atoms with Crippen molar-refractivity contribution in [3.8, 4) is 0 Å². The van der Waals surface area contributed by atoms with E-state index in [-0.39, 0.29) is 20.4 Å². The Morgan fingerprint density at radius 1 is 0.667 bits per heavy atom. The van der Waals surface area contributed by atoms with Gasteiger partial charge >= 0.3 is 0 Å². The highest BCUT2D eigenvalue weighted by Gasteiger charge is 2.18. The van der Waals surface area contributed by atoms with Gasteiger partial charge in [-0.25, -0.2) is 35.5 Å². The van der Waals surface area contributed by atoms with E-state index in [1.54, 1.807) is 0 Å². The van der Waals surface area contributed by atoms with Crippen LogP contribution in [-0.2, 0) is 30.1 Å². The Labute approximate surface area is 139 Å². The molecule has 0 spiro atoms. The molecule has 0 atom stereocenters. The Balaban J connectivity index is 2.36. The highest BCUT2D eigenvalue weighted by atomic mass is 32.2. The fourth-order valence-corrected chi connectivity index (χ4v) is 4.00. The van der Waals surface area contributed by atoms with Gasteiger partial charge in [0, 0.05) is 5.69 Å². The fraction of sp³-hybridized carbons (Fsp3) is 0. The molecule has 9 nitrogen and oxygen atoms in total. The molecular formula is C12H13N3O6S3. The summed E-state index contributed by atoms with van der Waals surface area (Å²) >= 11 is 0. The van der Waals surface area contributed by atoms with Crippen molar-refractivity contribution >= 4 is 35.8 Å². The van der Waals surface area contributed by atoms with Gasteiger partial charge in [-0.2, -0.15) is 0 Å². The Bertz CT molecular complexity index is 1080. The van der Waals surface area contributed by atoms with Gasteiger partial charge in [0.15, 0.2) is 0 Å². The highest BCUT2D eigenvalue weighted by molar-refractivity contribution is 7.93. The van der Waals surface area contributed by atoms with Crippen LogP contribution in [0.2, 0.25) is 0 Å². The molecule has 0 radical (unpaired) electrons. The van der Waals surface area contributed by atoms with Crippen molar-refractivity contribution in [3.05, 3.63) is 48.5 Å². The van der Waals surface area contributed by atoms with Crippen molar-refractivity contribution in [2.24, 2.45) is 10.3 Å². The summed E-state index contributed by atoms with van der Waals surface area (Å²) in [4.78, 5) is -0.846. The average molecular weight is 391 g/mol.